The molecular weight excluding hydrogens is 186 g/mol. The van der Waals surface area contributed by atoms with Gasteiger partial charge in [-0.05, 0) is 65.0 Å². The third-order valence-corrected chi connectivity index (χ3v) is 3.67. The Balaban J connectivity index is 1.67. The van der Waals surface area contributed by atoms with Crippen LogP contribution in [0.1, 0.15) is 46.0 Å². The largest absolute Gasteiger partial charge is 0.376 e. The predicted molar refractivity (Wildman–Crippen MR) is 63.0 cm³/mol. The van der Waals surface area contributed by atoms with E-state index in [1.165, 1.54) is 51.7 Å². The fourth-order valence-corrected chi connectivity index (χ4v) is 3.03. The normalized spacial score (nSPS) is 33.0. The standard InChI is InChI=1S/C13H25NO/c1-11(2)15-13-6-5-12(9-13)10-14-7-3-4-8-14/h11-13H,3-10H2,1-2H3. The average Bonchev–Trinajstić information content (AvgIpc) is 2.77. The highest BCUT2D eigenvalue weighted by atomic mass is 16.5. The molecule has 0 spiro atoms. The molecular formula is C13H25NO. The van der Waals surface area contributed by atoms with Gasteiger partial charge >= 0.3 is 0 Å². The van der Waals surface area contributed by atoms with Crippen molar-refractivity contribution in [3.63, 3.8) is 0 Å². The highest BCUT2D eigenvalue weighted by Crippen LogP contribution is 2.30. The second-order valence-corrected chi connectivity index (χ2v) is 5.49. The summed E-state index contributed by atoms with van der Waals surface area (Å²) in [4.78, 5) is 2.64. The number of rotatable bonds is 4. The van der Waals surface area contributed by atoms with Crippen molar-refractivity contribution in [2.45, 2.75) is 58.2 Å². The maximum absolute atomic E-state index is 5.89. The van der Waals surface area contributed by atoms with Gasteiger partial charge in [-0.2, -0.15) is 0 Å². The summed E-state index contributed by atoms with van der Waals surface area (Å²) < 4.78 is 5.89. The zero-order valence-electron chi connectivity index (χ0n) is 10.2. The van der Waals surface area contributed by atoms with Gasteiger partial charge in [0.2, 0.25) is 0 Å². The molecule has 0 radical (unpaired) electrons. The lowest BCUT2D eigenvalue weighted by Gasteiger charge is -2.20. The van der Waals surface area contributed by atoms with Gasteiger partial charge < -0.3 is 9.64 Å². The Morgan fingerprint density at radius 1 is 1.20 bits per heavy atom. The van der Waals surface area contributed by atoms with E-state index >= 15 is 0 Å². The number of likely N-dealkylation sites (tertiary alicyclic amines) is 1. The van der Waals surface area contributed by atoms with Crippen molar-refractivity contribution >= 4 is 0 Å². The molecule has 2 rings (SSSR count). The highest BCUT2D eigenvalue weighted by Gasteiger charge is 2.27. The summed E-state index contributed by atoms with van der Waals surface area (Å²) in [6.45, 7) is 8.30. The molecule has 0 aromatic rings. The second-order valence-electron chi connectivity index (χ2n) is 5.49. The van der Waals surface area contributed by atoms with Crippen molar-refractivity contribution < 1.29 is 4.74 Å². The van der Waals surface area contributed by atoms with Crippen LogP contribution in [0.5, 0.6) is 0 Å². The summed E-state index contributed by atoms with van der Waals surface area (Å²) in [5, 5.41) is 0. The summed E-state index contributed by atoms with van der Waals surface area (Å²) in [5.74, 6) is 0.909. The Hall–Kier alpha value is -0.0800. The molecule has 0 aromatic carbocycles. The third kappa shape index (κ3) is 3.46. The van der Waals surface area contributed by atoms with Gasteiger partial charge in [0.25, 0.3) is 0 Å². The molecule has 2 atom stereocenters. The lowest BCUT2D eigenvalue weighted by molar-refractivity contribution is 0.00960. The van der Waals surface area contributed by atoms with Crippen LogP contribution in [0.2, 0.25) is 0 Å². The lowest BCUT2D eigenvalue weighted by Crippen LogP contribution is -2.26. The van der Waals surface area contributed by atoms with E-state index in [4.69, 9.17) is 4.74 Å². The fraction of sp³-hybridized carbons (Fsp3) is 1.00. The molecule has 2 unspecified atom stereocenters. The number of hydrogen-bond acceptors (Lipinski definition) is 2. The Morgan fingerprint density at radius 3 is 2.60 bits per heavy atom. The first-order valence-corrected chi connectivity index (χ1v) is 6.62. The fourth-order valence-electron chi connectivity index (χ4n) is 3.03. The molecule has 88 valence electrons. The summed E-state index contributed by atoms with van der Waals surface area (Å²) in [6.07, 6.45) is 7.76. The van der Waals surface area contributed by atoms with Crippen LogP contribution in [0.25, 0.3) is 0 Å². The van der Waals surface area contributed by atoms with Crippen molar-refractivity contribution in [3.8, 4) is 0 Å². The van der Waals surface area contributed by atoms with E-state index in [2.05, 4.69) is 18.7 Å². The van der Waals surface area contributed by atoms with Gasteiger partial charge in [0.15, 0.2) is 0 Å². The molecule has 1 aliphatic heterocycles. The quantitative estimate of drug-likeness (QED) is 0.709. The summed E-state index contributed by atoms with van der Waals surface area (Å²) >= 11 is 0. The molecule has 2 nitrogen and oxygen atoms in total. The average molecular weight is 211 g/mol. The van der Waals surface area contributed by atoms with Crippen LogP contribution in [0.15, 0.2) is 0 Å². The van der Waals surface area contributed by atoms with E-state index < -0.39 is 0 Å². The molecule has 2 aliphatic rings. The number of ether oxygens (including phenoxy) is 1. The van der Waals surface area contributed by atoms with Gasteiger partial charge in [0.1, 0.15) is 0 Å². The van der Waals surface area contributed by atoms with Crippen molar-refractivity contribution in [1.29, 1.82) is 0 Å². The van der Waals surface area contributed by atoms with Crippen molar-refractivity contribution in [2.24, 2.45) is 5.92 Å². The Bertz CT molecular complexity index is 187. The minimum absolute atomic E-state index is 0.403. The zero-order valence-corrected chi connectivity index (χ0v) is 10.2. The maximum Gasteiger partial charge on any atom is 0.0581 e. The lowest BCUT2D eigenvalue weighted by atomic mass is 10.1. The molecule has 0 amide bonds. The topological polar surface area (TPSA) is 12.5 Å². The molecule has 1 heterocycles. The van der Waals surface area contributed by atoms with Gasteiger partial charge in [-0.1, -0.05) is 0 Å². The van der Waals surface area contributed by atoms with E-state index in [0.29, 0.717) is 12.2 Å². The molecule has 1 saturated heterocycles. The van der Waals surface area contributed by atoms with Crippen molar-refractivity contribution in [1.82, 2.24) is 4.90 Å². The van der Waals surface area contributed by atoms with Crippen molar-refractivity contribution in [2.75, 3.05) is 19.6 Å². The molecule has 1 aliphatic carbocycles. The SMILES string of the molecule is CC(C)OC1CCC(CN2CCCC2)C1. The minimum Gasteiger partial charge on any atom is -0.376 e. The predicted octanol–water partition coefficient (Wildman–Crippen LogP) is 2.68. The molecule has 0 aromatic heterocycles. The third-order valence-electron chi connectivity index (χ3n) is 3.67. The van der Waals surface area contributed by atoms with Crippen molar-refractivity contribution in [3.05, 3.63) is 0 Å². The van der Waals surface area contributed by atoms with Crippen LogP contribution in [0, 0.1) is 5.92 Å². The Labute approximate surface area is 94.0 Å². The first kappa shape index (κ1) is 11.4. The van der Waals surface area contributed by atoms with Crippen LogP contribution < -0.4 is 0 Å². The van der Waals surface area contributed by atoms with Crippen LogP contribution in [-0.4, -0.2) is 36.7 Å². The Kier molecular flexibility index (Phi) is 4.04. The van der Waals surface area contributed by atoms with Crippen LogP contribution in [0.3, 0.4) is 0 Å². The molecule has 0 N–H and O–H groups in total. The monoisotopic (exact) mass is 211 g/mol. The van der Waals surface area contributed by atoms with Gasteiger partial charge in [-0.3, -0.25) is 0 Å². The van der Waals surface area contributed by atoms with E-state index in [-0.39, 0.29) is 0 Å². The number of hydrogen-bond donors (Lipinski definition) is 0. The van der Waals surface area contributed by atoms with E-state index in [9.17, 15) is 0 Å². The number of nitrogens with zero attached hydrogens (tertiary/aromatic N) is 1. The maximum atomic E-state index is 5.89. The van der Waals surface area contributed by atoms with Gasteiger partial charge in [0.05, 0.1) is 12.2 Å². The van der Waals surface area contributed by atoms with Crippen LogP contribution in [0.4, 0.5) is 0 Å². The summed E-state index contributed by atoms with van der Waals surface area (Å²) in [6, 6.07) is 0. The highest BCUT2D eigenvalue weighted by molar-refractivity contribution is 4.80. The Morgan fingerprint density at radius 2 is 1.93 bits per heavy atom. The van der Waals surface area contributed by atoms with Gasteiger partial charge in [0, 0.05) is 6.54 Å². The van der Waals surface area contributed by atoms with Gasteiger partial charge in [-0.15, -0.1) is 0 Å². The van der Waals surface area contributed by atoms with Crippen LogP contribution in [-0.2, 0) is 4.74 Å². The first-order valence-electron chi connectivity index (χ1n) is 6.62. The van der Waals surface area contributed by atoms with E-state index in [1.807, 2.05) is 0 Å². The van der Waals surface area contributed by atoms with E-state index in [0.717, 1.165) is 5.92 Å². The molecule has 2 heteroatoms. The molecule has 1 saturated carbocycles. The second kappa shape index (κ2) is 5.31. The first-order chi connectivity index (χ1) is 7.24. The molecule has 2 fully saturated rings. The summed E-state index contributed by atoms with van der Waals surface area (Å²) in [7, 11) is 0. The molecule has 15 heavy (non-hydrogen) atoms. The summed E-state index contributed by atoms with van der Waals surface area (Å²) in [5.41, 5.74) is 0. The minimum atomic E-state index is 0.403. The van der Waals surface area contributed by atoms with Gasteiger partial charge in [-0.25, -0.2) is 0 Å². The van der Waals surface area contributed by atoms with Crippen LogP contribution >= 0.6 is 0 Å². The zero-order chi connectivity index (χ0) is 10.7. The van der Waals surface area contributed by atoms with E-state index in [1.54, 1.807) is 0 Å². The molecule has 0 bridgehead atoms. The smallest absolute Gasteiger partial charge is 0.0581 e.